The summed E-state index contributed by atoms with van der Waals surface area (Å²) < 4.78 is 18.2. The fraction of sp³-hybridized carbons (Fsp3) is 0.188. The third-order valence-corrected chi connectivity index (χ3v) is 3.72. The number of nitrogens with zero attached hydrogens (tertiary/aromatic N) is 1. The summed E-state index contributed by atoms with van der Waals surface area (Å²) in [6, 6.07) is 15.7. The summed E-state index contributed by atoms with van der Waals surface area (Å²) in [7, 11) is 0. The van der Waals surface area contributed by atoms with E-state index in [1.165, 1.54) is 12.1 Å². The van der Waals surface area contributed by atoms with Crippen LogP contribution in [-0.2, 0) is 0 Å². The van der Waals surface area contributed by atoms with E-state index in [2.05, 4.69) is 6.07 Å². The molecule has 0 aliphatic carbocycles. The summed E-state index contributed by atoms with van der Waals surface area (Å²) in [6.45, 7) is 0.606. The van der Waals surface area contributed by atoms with Crippen LogP contribution in [0.15, 0.2) is 53.4 Å². The minimum Gasteiger partial charge on any atom is -0.494 e. The molecule has 102 valence electrons. The third kappa shape index (κ3) is 4.60. The largest absolute Gasteiger partial charge is 0.494 e. The standard InChI is InChI=1S/C16H14FNOS/c17-14-4-6-15(7-5-14)19-10-1-11-20-16-8-2-13(12-18)3-9-16/h2-9H,1,10-11H2. The molecule has 0 saturated heterocycles. The van der Waals surface area contributed by atoms with Crippen molar-refractivity contribution in [2.45, 2.75) is 11.3 Å². The average molecular weight is 287 g/mol. The second kappa shape index (κ2) is 7.56. The van der Waals surface area contributed by atoms with E-state index in [9.17, 15) is 4.39 Å². The maximum absolute atomic E-state index is 12.7. The van der Waals surface area contributed by atoms with Gasteiger partial charge < -0.3 is 4.74 Å². The summed E-state index contributed by atoms with van der Waals surface area (Å²) in [5.74, 6) is 1.37. The molecule has 0 fully saturated rings. The van der Waals surface area contributed by atoms with Crippen LogP contribution in [0.25, 0.3) is 0 Å². The molecule has 0 aliphatic rings. The number of nitriles is 1. The number of rotatable bonds is 6. The predicted octanol–water partition coefficient (Wildman–Crippen LogP) is 4.26. The minimum absolute atomic E-state index is 0.256. The van der Waals surface area contributed by atoms with Crippen molar-refractivity contribution in [1.82, 2.24) is 0 Å². The van der Waals surface area contributed by atoms with Gasteiger partial charge in [-0.1, -0.05) is 0 Å². The highest BCUT2D eigenvalue weighted by molar-refractivity contribution is 7.99. The molecule has 0 spiro atoms. The maximum atomic E-state index is 12.7. The molecule has 0 amide bonds. The lowest BCUT2D eigenvalue weighted by Gasteiger charge is -2.06. The van der Waals surface area contributed by atoms with Crippen LogP contribution >= 0.6 is 11.8 Å². The van der Waals surface area contributed by atoms with Crippen LogP contribution in [0.5, 0.6) is 5.75 Å². The van der Waals surface area contributed by atoms with E-state index in [0.717, 1.165) is 17.1 Å². The van der Waals surface area contributed by atoms with Gasteiger partial charge in [0.2, 0.25) is 0 Å². The Morgan fingerprint density at radius 2 is 1.75 bits per heavy atom. The predicted molar refractivity (Wildman–Crippen MR) is 78.4 cm³/mol. The highest BCUT2D eigenvalue weighted by atomic mass is 32.2. The molecule has 2 aromatic rings. The summed E-state index contributed by atoms with van der Waals surface area (Å²) in [4.78, 5) is 1.14. The van der Waals surface area contributed by atoms with Gasteiger partial charge in [-0.25, -0.2) is 4.39 Å². The normalized spacial score (nSPS) is 10.0. The van der Waals surface area contributed by atoms with Crippen LogP contribution in [0.2, 0.25) is 0 Å². The number of benzene rings is 2. The molecule has 0 unspecified atom stereocenters. The molecule has 0 bridgehead atoms. The number of hydrogen-bond donors (Lipinski definition) is 0. The Morgan fingerprint density at radius 1 is 1.05 bits per heavy atom. The lowest BCUT2D eigenvalue weighted by Crippen LogP contribution is -1.98. The van der Waals surface area contributed by atoms with Crippen molar-refractivity contribution in [3.05, 3.63) is 59.9 Å². The highest BCUT2D eigenvalue weighted by Crippen LogP contribution is 2.19. The van der Waals surface area contributed by atoms with Gasteiger partial charge >= 0.3 is 0 Å². The first kappa shape index (κ1) is 14.4. The van der Waals surface area contributed by atoms with Gasteiger partial charge in [0.1, 0.15) is 11.6 Å². The van der Waals surface area contributed by atoms with E-state index in [1.807, 2.05) is 24.3 Å². The zero-order valence-electron chi connectivity index (χ0n) is 10.9. The van der Waals surface area contributed by atoms with E-state index >= 15 is 0 Å². The number of halogens is 1. The minimum atomic E-state index is -0.256. The van der Waals surface area contributed by atoms with Gasteiger partial charge in [0, 0.05) is 10.6 Å². The number of hydrogen-bond acceptors (Lipinski definition) is 3. The van der Waals surface area contributed by atoms with Gasteiger partial charge in [-0.15, -0.1) is 11.8 Å². The van der Waals surface area contributed by atoms with Crippen LogP contribution in [0.4, 0.5) is 4.39 Å². The molecule has 0 heterocycles. The lowest BCUT2D eigenvalue weighted by atomic mass is 10.2. The molecule has 4 heteroatoms. The molecular weight excluding hydrogens is 273 g/mol. The average Bonchev–Trinajstić information content (AvgIpc) is 2.49. The Kier molecular flexibility index (Phi) is 5.45. The summed E-state index contributed by atoms with van der Waals surface area (Å²) >= 11 is 1.73. The van der Waals surface area contributed by atoms with Crippen molar-refractivity contribution in [1.29, 1.82) is 5.26 Å². The van der Waals surface area contributed by atoms with Gasteiger partial charge in [0.15, 0.2) is 0 Å². The van der Waals surface area contributed by atoms with Crippen LogP contribution in [-0.4, -0.2) is 12.4 Å². The Morgan fingerprint density at radius 3 is 2.40 bits per heavy atom. The first-order valence-electron chi connectivity index (χ1n) is 6.29. The van der Waals surface area contributed by atoms with Crippen molar-refractivity contribution in [2.75, 3.05) is 12.4 Å². The van der Waals surface area contributed by atoms with Crippen molar-refractivity contribution >= 4 is 11.8 Å². The van der Waals surface area contributed by atoms with Crippen molar-refractivity contribution in [2.24, 2.45) is 0 Å². The van der Waals surface area contributed by atoms with E-state index in [0.29, 0.717) is 17.9 Å². The molecule has 0 aliphatic heterocycles. The lowest BCUT2D eigenvalue weighted by molar-refractivity contribution is 0.318. The van der Waals surface area contributed by atoms with Crippen LogP contribution in [0.3, 0.4) is 0 Å². The van der Waals surface area contributed by atoms with E-state index in [-0.39, 0.29) is 5.82 Å². The molecule has 2 aromatic carbocycles. The van der Waals surface area contributed by atoms with Crippen molar-refractivity contribution < 1.29 is 9.13 Å². The van der Waals surface area contributed by atoms with E-state index in [1.54, 1.807) is 23.9 Å². The van der Waals surface area contributed by atoms with Crippen LogP contribution < -0.4 is 4.74 Å². The molecule has 20 heavy (non-hydrogen) atoms. The fourth-order valence-electron chi connectivity index (χ4n) is 1.60. The molecule has 2 nitrogen and oxygen atoms in total. The third-order valence-electron chi connectivity index (χ3n) is 2.62. The van der Waals surface area contributed by atoms with Gasteiger partial charge in [0.05, 0.1) is 18.2 Å². The number of ether oxygens (including phenoxy) is 1. The van der Waals surface area contributed by atoms with Gasteiger partial charge in [0.25, 0.3) is 0 Å². The van der Waals surface area contributed by atoms with Gasteiger partial charge in [-0.05, 0) is 55.0 Å². The molecule has 0 aromatic heterocycles. The SMILES string of the molecule is N#Cc1ccc(SCCCOc2ccc(F)cc2)cc1. The molecule has 0 saturated carbocycles. The number of thioether (sulfide) groups is 1. The zero-order valence-corrected chi connectivity index (χ0v) is 11.7. The van der Waals surface area contributed by atoms with Crippen LogP contribution in [0.1, 0.15) is 12.0 Å². The molecular formula is C16H14FNOS. The van der Waals surface area contributed by atoms with E-state index < -0.39 is 0 Å². The first-order valence-corrected chi connectivity index (χ1v) is 7.28. The topological polar surface area (TPSA) is 33.0 Å². The Bertz CT molecular complexity index is 575. The van der Waals surface area contributed by atoms with Crippen LogP contribution in [0, 0.1) is 17.1 Å². The molecule has 2 rings (SSSR count). The van der Waals surface area contributed by atoms with Crippen molar-refractivity contribution in [3.8, 4) is 11.8 Å². The van der Waals surface area contributed by atoms with Gasteiger partial charge in [-0.3, -0.25) is 0 Å². The molecule has 0 atom stereocenters. The molecule has 0 N–H and O–H groups in total. The molecule has 0 radical (unpaired) electrons. The highest BCUT2D eigenvalue weighted by Gasteiger charge is 1.97. The maximum Gasteiger partial charge on any atom is 0.123 e. The Hall–Kier alpha value is -1.99. The Labute approximate surface area is 122 Å². The summed E-state index contributed by atoms with van der Waals surface area (Å²) in [5, 5.41) is 8.70. The smallest absolute Gasteiger partial charge is 0.123 e. The monoisotopic (exact) mass is 287 g/mol. The zero-order chi connectivity index (χ0) is 14.2. The van der Waals surface area contributed by atoms with Gasteiger partial charge in [-0.2, -0.15) is 5.26 Å². The summed E-state index contributed by atoms with van der Waals surface area (Å²) in [6.07, 6.45) is 0.905. The quantitative estimate of drug-likeness (QED) is 0.588. The first-order chi connectivity index (χ1) is 9.78. The second-order valence-electron chi connectivity index (χ2n) is 4.14. The summed E-state index contributed by atoms with van der Waals surface area (Å²) in [5.41, 5.74) is 0.675. The fourth-order valence-corrected chi connectivity index (χ4v) is 2.42. The second-order valence-corrected chi connectivity index (χ2v) is 5.31. The van der Waals surface area contributed by atoms with E-state index in [4.69, 9.17) is 10.00 Å². The van der Waals surface area contributed by atoms with Crippen molar-refractivity contribution in [3.63, 3.8) is 0 Å². The Balaban J connectivity index is 1.66.